The summed E-state index contributed by atoms with van der Waals surface area (Å²) in [5.41, 5.74) is 6.04. The van der Waals surface area contributed by atoms with Gasteiger partial charge in [0.2, 0.25) is 5.91 Å². The van der Waals surface area contributed by atoms with Gasteiger partial charge in [-0.05, 0) is 30.7 Å². The Hall–Kier alpha value is -1.56. The summed E-state index contributed by atoms with van der Waals surface area (Å²) in [5, 5.41) is 0. The number of amides is 1. The molecule has 6 heteroatoms. The number of anilines is 1. The van der Waals surface area contributed by atoms with Gasteiger partial charge >= 0.3 is 0 Å². The van der Waals surface area contributed by atoms with Gasteiger partial charge < -0.3 is 5.73 Å². The topological polar surface area (TPSA) is 89.3 Å². The van der Waals surface area contributed by atoms with E-state index in [9.17, 15) is 13.2 Å². The van der Waals surface area contributed by atoms with Crippen molar-refractivity contribution in [1.29, 1.82) is 0 Å². The van der Waals surface area contributed by atoms with E-state index >= 15 is 0 Å². The predicted octanol–water partition coefficient (Wildman–Crippen LogP) is 9.31. The van der Waals surface area contributed by atoms with E-state index in [1.165, 1.54) is 133 Å². The lowest BCUT2D eigenvalue weighted by Crippen LogP contribution is -2.30. The first-order valence-corrected chi connectivity index (χ1v) is 16.8. The molecule has 0 aromatic heterocycles. The minimum Gasteiger partial charge on any atom is -0.399 e. The van der Waals surface area contributed by atoms with Gasteiger partial charge in [-0.2, -0.15) is 0 Å². The van der Waals surface area contributed by atoms with Crippen molar-refractivity contribution in [2.75, 3.05) is 5.73 Å². The minimum absolute atomic E-state index is 0.0570. The first kappa shape index (κ1) is 35.4. The summed E-state index contributed by atoms with van der Waals surface area (Å²) in [5.74, 6) is -0.443. The number of hydrogen-bond acceptors (Lipinski definition) is 4. The quantitative estimate of drug-likeness (QED) is 0.114. The zero-order chi connectivity index (χ0) is 27.6. The van der Waals surface area contributed by atoms with Gasteiger partial charge in [-0.25, -0.2) is 13.1 Å². The summed E-state index contributed by atoms with van der Waals surface area (Å²) in [4.78, 5) is 12.0. The second-order valence-corrected chi connectivity index (χ2v) is 12.0. The number of carbonyl (C=O) groups excluding carboxylic acids is 1. The lowest BCUT2D eigenvalue weighted by molar-refractivity contribution is -0.119. The van der Waals surface area contributed by atoms with Gasteiger partial charge in [0, 0.05) is 12.1 Å². The van der Waals surface area contributed by atoms with E-state index in [1.54, 1.807) is 0 Å². The number of carbonyl (C=O) groups is 1. The molecule has 0 atom stereocenters. The third-order valence-corrected chi connectivity index (χ3v) is 8.04. The Kier molecular flexibility index (Phi) is 23.7. The SMILES string of the molecule is CCCCCCC.CCCCCCCCCCCCCCCCCC(=O)NS(=O)(=O)c1ccc(N)cc1. The normalized spacial score (nSPS) is 11.1. The number of benzene rings is 1. The first-order chi connectivity index (χ1) is 17.9. The van der Waals surface area contributed by atoms with Gasteiger partial charge in [0.1, 0.15) is 0 Å². The second-order valence-electron chi connectivity index (χ2n) is 10.4. The molecule has 0 unspecified atom stereocenters. The molecule has 0 bridgehead atoms. The third kappa shape index (κ3) is 22.2. The standard InChI is InChI=1S/C24H42N2O3S.C7H16/c1-2-3-4-5-6-7-8-9-10-11-12-13-14-15-16-17-24(27)26-30(28,29)23-20-18-22(25)19-21-23;1-3-5-7-6-4-2/h18-21H,2-17,25H2,1H3,(H,26,27);3-7H2,1-2H3. The lowest BCUT2D eigenvalue weighted by atomic mass is 10.0. The van der Waals surface area contributed by atoms with Gasteiger partial charge in [0.05, 0.1) is 4.90 Å². The molecule has 0 saturated heterocycles. The molecule has 0 spiro atoms. The Morgan fingerprint density at radius 3 is 1.30 bits per heavy atom. The average molecular weight is 539 g/mol. The Morgan fingerprint density at radius 1 is 0.595 bits per heavy atom. The molecule has 0 aliphatic carbocycles. The molecule has 3 N–H and O–H groups in total. The van der Waals surface area contributed by atoms with E-state index in [0.717, 1.165) is 19.3 Å². The largest absolute Gasteiger partial charge is 0.399 e. The third-order valence-electron chi connectivity index (χ3n) is 6.65. The van der Waals surface area contributed by atoms with Gasteiger partial charge in [-0.3, -0.25) is 4.79 Å². The Morgan fingerprint density at radius 2 is 0.919 bits per heavy atom. The fourth-order valence-corrected chi connectivity index (χ4v) is 5.25. The maximum Gasteiger partial charge on any atom is 0.264 e. The Labute approximate surface area is 229 Å². The van der Waals surface area contributed by atoms with Crippen LogP contribution in [0, 0.1) is 0 Å². The van der Waals surface area contributed by atoms with Crippen LogP contribution in [0.1, 0.15) is 156 Å². The summed E-state index contributed by atoms with van der Waals surface area (Å²) < 4.78 is 26.4. The fraction of sp³-hybridized carbons (Fsp3) is 0.774. The molecule has 0 aliphatic heterocycles. The van der Waals surface area contributed by atoms with E-state index in [2.05, 4.69) is 25.5 Å². The Balaban J connectivity index is 0.00000161. The van der Waals surface area contributed by atoms with Crippen molar-refractivity contribution >= 4 is 21.6 Å². The summed E-state index contributed by atoms with van der Waals surface area (Å²) in [6, 6.07) is 5.82. The fourth-order valence-electron chi connectivity index (χ4n) is 4.24. The number of unbranched alkanes of at least 4 members (excludes halogenated alkanes) is 18. The van der Waals surface area contributed by atoms with E-state index in [0.29, 0.717) is 5.69 Å². The van der Waals surface area contributed by atoms with E-state index in [-0.39, 0.29) is 11.3 Å². The van der Waals surface area contributed by atoms with Crippen molar-refractivity contribution in [1.82, 2.24) is 4.72 Å². The van der Waals surface area contributed by atoms with Crippen LogP contribution in [-0.2, 0) is 14.8 Å². The molecule has 0 heterocycles. The molecule has 1 amide bonds. The van der Waals surface area contributed by atoms with Gasteiger partial charge in [-0.15, -0.1) is 0 Å². The van der Waals surface area contributed by atoms with Crippen LogP contribution in [0.25, 0.3) is 0 Å². The van der Waals surface area contributed by atoms with Crippen molar-refractivity contribution in [2.45, 2.75) is 161 Å². The second kappa shape index (κ2) is 24.8. The minimum atomic E-state index is -3.80. The molecule has 37 heavy (non-hydrogen) atoms. The predicted molar refractivity (Wildman–Crippen MR) is 160 cm³/mol. The molecule has 1 aromatic carbocycles. The number of nitrogens with one attached hydrogen (secondary N) is 1. The smallest absolute Gasteiger partial charge is 0.264 e. The number of rotatable bonds is 22. The molecule has 0 fully saturated rings. The number of nitrogens with two attached hydrogens (primary N) is 1. The Bertz CT molecular complexity index is 744. The highest BCUT2D eigenvalue weighted by Gasteiger charge is 2.16. The van der Waals surface area contributed by atoms with Crippen molar-refractivity contribution in [3.8, 4) is 0 Å². The number of nitrogen functional groups attached to an aromatic ring is 1. The molecule has 0 saturated carbocycles. The maximum absolute atomic E-state index is 12.1. The number of sulfonamides is 1. The van der Waals surface area contributed by atoms with Crippen LogP contribution in [0.5, 0.6) is 0 Å². The van der Waals surface area contributed by atoms with Crippen molar-refractivity contribution in [2.24, 2.45) is 0 Å². The molecule has 1 aromatic rings. The highest BCUT2D eigenvalue weighted by Crippen LogP contribution is 2.15. The first-order valence-electron chi connectivity index (χ1n) is 15.3. The summed E-state index contributed by atoms with van der Waals surface area (Å²) >= 11 is 0. The molecule has 216 valence electrons. The summed E-state index contributed by atoms with van der Waals surface area (Å²) in [6.45, 7) is 6.75. The van der Waals surface area contributed by atoms with Crippen LogP contribution >= 0.6 is 0 Å². The number of hydrogen-bond donors (Lipinski definition) is 2. The average Bonchev–Trinajstić information content (AvgIpc) is 2.87. The van der Waals surface area contributed by atoms with Crippen LogP contribution in [-0.4, -0.2) is 14.3 Å². The van der Waals surface area contributed by atoms with Crippen LogP contribution in [0.15, 0.2) is 29.2 Å². The van der Waals surface area contributed by atoms with E-state index in [4.69, 9.17) is 5.73 Å². The molecule has 0 aliphatic rings. The van der Waals surface area contributed by atoms with Crippen LogP contribution in [0.3, 0.4) is 0 Å². The summed E-state index contributed by atoms with van der Waals surface area (Å²) in [6.07, 6.45) is 26.2. The zero-order valence-corrected chi connectivity index (χ0v) is 25.2. The van der Waals surface area contributed by atoms with Crippen molar-refractivity contribution in [3.63, 3.8) is 0 Å². The van der Waals surface area contributed by atoms with Crippen LogP contribution in [0.2, 0.25) is 0 Å². The van der Waals surface area contributed by atoms with Crippen LogP contribution < -0.4 is 10.5 Å². The maximum atomic E-state index is 12.1. The van der Waals surface area contributed by atoms with Gasteiger partial charge in [0.25, 0.3) is 10.0 Å². The van der Waals surface area contributed by atoms with E-state index in [1.807, 2.05) is 0 Å². The van der Waals surface area contributed by atoms with Gasteiger partial charge in [-0.1, -0.05) is 143 Å². The van der Waals surface area contributed by atoms with Crippen molar-refractivity contribution in [3.05, 3.63) is 24.3 Å². The monoisotopic (exact) mass is 538 g/mol. The highest BCUT2D eigenvalue weighted by molar-refractivity contribution is 7.90. The van der Waals surface area contributed by atoms with Crippen LogP contribution in [0.4, 0.5) is 5.69 Å². The molecule has 1 rings (SSSR count). The van der Waals surface area contributed by atoms with E-state index < -0.39 is 15.9 Å². The van der Waals surface area contributed by atoms with Crippen molar-refractivity contribution < 1.29 is 13.2 Å². The molecule has 5 nitrogen and oxygen atoms in total. The molecule has 0 radical (unpaired) electrons. The van der Waals surface area contributed by atoms with Gasteiger partial charge in [0.15, 0.2) is 0 Å². The molecular formula is C31H58N2O3S. The zero-order valence-electron chi connectivity index (χ0n) is 24.4. The molecular weight excluding hydrogens is 480 g/mol. The summed E-state index contributed by atoms with van der Waals surface area (Å²) in [7, 11) is -3.80. The lowest BCUT2D eigenvalue weighted by Gasteiger charge is -2.07. The highest BCUT2D eigenvalue weighted by atomic mass is 32.2.